The molecule has 0 spiro atoms. The first-order valence-corrected chi connectivity index (χ1v) is 27.1. The number of nitrogens with zero attached hydrogens (tertiary/aromatic N) is 8. The normalized spacial score (nSPS) is 11.1. The second-order valence-corrected chi connectivity index (χ2v) is 19.2. The lowest BCUT2D eigenvalue weighted by Gasteiger charge is -2.11. The van der Waals surface area contributed by atoms with E-state index in [1.165, 1.54) is 30.6 Å². The van der Waals surface area contributed by atoms with Gasteiger partial charge in [-0.05, 0) is 100 Å². The number of carbonyl (C=O) groups excluding carboxylic acids is 5. The second-order valence-electron chi connectivity index (χ2n) is 18.4. The van der Waals surface area contributed by atoms with E-state index in [1.54, 1.807) is 66.7 Å². The van der Waals surface area contributed by atoms with Gasteiger partial charge in [-0.2, -0.15) is 26.3 Å². The highest BCUT2D eigenvalue weighted by atomic mass is 35.5. The average Bonchev–Trinajstić information content (AvgIpc) is 3.67. The summed E-state index contributed by atoms with van der Waals surface area (Å²) in [6, 6.07) is 26.2. The van der Waals surface area contributed by atoms with Gasteiger partial charge in [0.05, 0.1) is 73.8 Å². The molecule has 0 aliphatic heterocycles. The van der Waals surface area contributed by atoms with E-state index >= 15 is 0 Å². The molecule has 0 unspecified atom stereocenters. The van der Waals surface area contributed by atoms with E-state index in [0.29, 0.717) is 67.0 Å². The van der Waals surface area contributed by atoms with Crippen molar-refractivity contribution in [2.45, 2.75) is 63.7 Å². The molecule has 19 nitrogen and oxygen atoms in total. The predicted molar refractivity (Wildman–Crippen MR) is 303 cm³/mol. The van der Waals surface area contributed by atoms with Gasteiger partial charge in [0.15, 0.2) is 11.6 Å². The number of azide groups is 2. The molecule has 86 heavy (non-hydrogen) atoms. The lowest BCUT2D eigenvalue weighted by molar-refractivity contribution is -0.138. The molecule has 454 valence electrons. The third kappa shape index (κ3) is 25.5. The number of rotatable bonds is 35. The largest absolute Gasteiger partial charge is 0.457 e. The molecule has 6 rings (SSSR count). The standard InChI is InChI=1S/C30H28ClF3N4O6.C29H28ClF3N4O5/c31-27-6-3-21(17-26(27)30(32,33)34)16-23(40)15-20-1-4-24(5-2-20)44-25-7-9-36-28(19-25)29(41)18-22(39)8-11-42-13-14-43-12-10-37-38-35;30-26-8-5-21(18-25(26)29(31,32)33)17-22(38)16-20-3-6-23(7-4-20)42-24-9-10-35-27(19-24)28(39)2-1-12-40-14-15-41-13-11-36-37-34/h1-7,9,17,19H,8,10-16,18H2;3-10,18-19H,1-2,11-17H2. The molecule has 6 aromatic rings. The average molecular weight is 1240 g/mol. The lowest BCUT2D eigenvalue weighted by Crippen LogP contribution is -2.13. The molecule has 0 bridgehead atoms. The maximum Gasteiger partial charge on any atom is 0.417 e. The Kier molecular flexibility index (Phi) is 28.6. The monoisotopic (exact) mass is 1240 g/mol. The fourth-order valence-electron chi connectivity index (χ4n) is 7.66. The van der Waals surface area contributed by atoms with Crippen LogP contribution in [0.1, 0.15) is 80.0 Å². The molecule has 0 atom stereocenters. The van der Waals surface area contributed by atoms with Gasteiger partial charge in [0.25, 0.3) is 0 Å². The van der Waals surface area contributed by atoms with Crippen molar-refractivity contribution >= 4 is 52.1 Å². The molecule has 0 aliphatic rings. The van der Waals surface area contributed by atoms with Gasteiger partial charge in [0.2, 0.25) is 0 Å². The summed E-state index contributed by atoms with van der Waals surface area (Å²) < 4.78 is 111. The Morgan fingerprint density at radius 1 is 0.453 bits per heavy atom. The van der Waals surface area contributed by atoms with E-state index in [9.17, 15) is 50.3 Å². The molecule has 0 amide bonds. The van der Waals surface area contributed by atoms with Gasteiger partial charge in [-0.1, -0.05) is 69.8 Å². The quantitative estimate of drug-likeness (QED) is 0.00682. The van der Waals surface area contributed by atoms with E-state index in [2.05, 4.69) is 30.0 Å². The van der Waals surface area contributed by atoms with Crippen LogP contribution in [0, 0.1) is 0 Å². The van der Waals surface area contributed by atoms with E-state index in [4.69, 9.17) is 62.7 Å². The maximum absolute atomic E-state index is 13.1. The van der Waals surface area contributed by atoms with Crippen molar-refractivity contribution in [3.05, 3.63) is 197 Å². The van der Waals surface area contributed by atoms with Crippen LogP contribution < -0.4 is 9.47 Å². The summed E-state index contributed by atoms with van der Waals surface area (Å²) in [5, 5.41) is 5.84. The zero-order valence-electron chi connectivity index (χ0n) is 45.9. The number of halogens is 8. The van der Waals surface area contributed by atoms with Gasteiger partial charge in [-0.3, -0.25) is 33.9 Å². The summed E-state index contributed by atoms with van der Waals surface area (Å²) in [4.78, 5) is 75.6. The molecular weight excluding hydrogens is 1180 g/mol. The van der Waals surface area contributed by atoms with Gasteiger partial charge < -0.3 is 28.4 Å². The summed E-state index contributed by atoms with van der Waals surface area (Å²) in [6.07, 6.45) is -6.22. The van der Waals surface area contributed by atoms with Crippen molar-refractivity contribution in [2.24, 2.45) is 10.2 Å². The van der Waals surface area contributed by atoms with Crippen LogP contribution in [0.15, 0.2) is 132 Å². The molecule has 0 saturated carbocycles. The number of pyridine rings is 2. The molecule has 2 heterocycles. The van der Waals surface area contributed by atoms with E-state index in [1.807, 2.05) is 0 Å². The number of Topliss-reactive ketones (excluding diaryl/α,β-unsaturated/α-hetero) is 5. The third-order valence-corrected chi connectivity index (χ3v) is 12.4. The number of ketones is 5. The number of ether oxygens (including phenoxy) is 6. The van der Waals surface area contributed by atoms with Crippen molar-refractivity contribution in [1.82, 2.24) is 9.97 Å². The van der Waals surface area contributed by atoms with Crippen LogP contribution in [0.3, 0.4) is 0 Å². The van der Waals surface area contributed by atoms with Crippen molar-refractivity contribution < 1.29 is 78.7 Å². The molecule has 0 N–H and O–H groups in total. The Bertz CT molecular complexity index is 3330. The first-order chi connectivity index (χ1) is 41.2. The zero-order chi connectivity index (χ0) is 62.3. The fraction of sp³-hybridized carbons (Fsp3) is 0.339. The molecule has 4 aromatic carbocycles. The molecule has 27 heteroatoms. The summed E-state index contributed by atoms with van der Waals surface area (Å²) >= 11 is 11.3. The Morgan fingerprint density at radius 2 is 0.849 bits per heavy atom. The molecule has 0 saturated heterocycles. The highest BCUT2D eigenvalue weighted by molar-refractivity contribution is 6.31. The summed E-state index contributed by atoms with van der Waals surface area (Å²) in [5.41, 5.74) is 16.5. The van der Waals surface area contributed by atoms with Crippen LogP contribution >= 0.6 is 23.2 Å². The van der Waals surface area contributed by atoms with Gasteiger partial charge >= 0.3 is 12.4 Å². The van der Waals surface area contributed by atoms with Crippen molar-refractivity contribution in [3.63, 3.8) is 0 Å². The second kappa shape index (κ2) is 35.9. The number of alkyl halides is 6. The highest BCUT2D eigenvalue weighted by Gasteiger charge is 2.34. The molecule has 0 fully saturated rings. The van der Waals surface area contributed by atoms with Crippen molar-refractivity contribution in [1.29, 1.82) is 0 Å². The topological polar surface area (TPSA) is 264 Å². The van der Waals surface area contributed by atoms with E-state index < -0.39 is 39.3 Å². The minimum atomic E-state index is -4.62. The Labute approximate surface area is 499 Å². The summed E-state index contributed by atoms with van der Waals surface area (Å²) in [5.74, 6) is 0.130. The SMILES string of the molecule is [N-]=[N+]=NCCOCCOCCC(=O)CC(=O)c1cc(Oc2ccc(CC(=O)Cc3ccc(Cl)c(C(F)(F)F)c3)cc2)ccn1.[N-]=[N+]=NCCOCCOCCCC(=O)c1cc(Oc2ccc(CC(=O)Cc3ccc(Cl)c(C(F)(F)F)c3)cc2)ccn1. The summed E-state index contributed by atoms with van der Waals surface area (Å²) in [7, 11) is 0. The smallest absolute Gasteiger partial charge is 0.417 e. The molecule has 2 aromatic heterocycles. The minimum Gasteiger partial charge on any atom is -0.457 e. The minimum absolute atomic E-state index is 0.00385. The third-order valence-electron chi connectivity index (χ3n) is 11.7. The van der Waals surface area contributed by atoms with Crippen molar-refractivity contribution in [3.8, 4) is 23.0 Å². The predicted octanol–water partition coefficient (Wildman–Crippen LogP) is 14.0. The first kappa shape index (κ1) is 68.5. The van der Waals surface area contributed by atoms with Crippen LogP contribution in [0.25, 0.3) is 20.9 Å². The van der Waals surface area contributed by atoms with Crippen LogP contribution in [0.5, 0.6) is 23.0 Å². The molecular formula is C59H56Cl2F6N8O11. The van der Waals surface area contributed by atoms with Crippen LogP contribution in [0.2, 0.25) is 10.0 Å². The zero-order valence-corrected chi connectivity index (χ0v) is 47.4. The van der Waals surface area contributed by atoms with Crippen LogP contribution in [-0.2, 0) is 71.4 Å². The highest BCUT2D eigenvalue weighted by Crippen LogP contribution is 2.37. The van der Waals surface area contributed by atoms with Gasteiger partial charge in [-0.25, -0.2) is 0 Å². The van der Waals surface area contributed by atoms with Crippen LogP contribution in [0.4, 0.5) is 26.3 Å². The first-order valence-electron chi connectivity index (χ1n) is 26.3. The van der Waals surface area contributed by atoms with E-state index in [-0.39, 0.29) is 130 Å². The Balaban J connectivity index is 0.000000314. The summed E-state index contributed by atoms with van der Waals surface area (Å²) in [6.45, 7) is 2.86. The van der Waals surface area contributed by atoms with Crippen LogP contribution in [-0.4, -0.2) is 105 Å². The lowest BCUT2D eigenvalue weighted by atomic mass is 10.0. The van der Waals surface area contributed by atoms with Gasteiger partial charge in [0, 0.05) is 92.6 Å². The number of aromatic nitrogens is 2. The number of hydrogen-bond donors (Lipinski definition) is 0. The van der Waals surface area contributed by atoms with Crippen molar-refractivity contribution in [2.75, 3.05) is 65.9 Å². The van der Waals surface area contributed by atoms with E-state index in [0.717, 1.165) is 24.3 Å². The Hall–Kier alpha value is -8.25. The number of carbonyl (C=O) groups is 5. The van der Waals surface area contributed by atoms with Gasteiger partial charge in [-0.15, -0.1) is 0 Å². The number of benzene rings is 4. The molecule has 0 radical (unpaired) electrons. The van der Waals surface area contributed by atoms with Gasteiger partial charge in [0.1, 0.15) is 51.7 Å². The molecule has 0 aliphatic carbocycles. The Morgan fingerprint density at radius 3 is 1.28 bits per heavy atom. The fourth-order valence-corrected chi connectivity index (χ4v) is 8.11. The maximum atomic E-state index is 13.1. The number of hydrogen-bond acceptors (Lipinski definition) is 15.